The molecule has 2 N–H and O–H groups in total. The SMILES string of the molecule is CCc1ccc(S(=O)(=O)NCCC(C)CCC(=O)O)cc1. The third kappa shape index (κ3) is 6.27. The molecule has 6 heteroatoms. The molecule has 1 aromatic rings. The minimum absolute atomic E-state index is 0.117. The molecule has 1 aromatic carbocycles. The number of rotatable bonds is 9. The normalized spacial score (nSPS) is 13.0. The Morgan fingerprint density at radius 2 is 1.86 bits per heavy atom. The highest BCUT2D eigenvalue weighted by molar-refractivity contribution is 7.89. The summed E-state index contributed by atoms with van der Waals surface area (Å²) >= 11 is 0. The first kappa shape index (κ1) is 17.7. The molecule has 0 saturated carbocycles. The number of hydrogen-bond donors (Lipinski definition) is 2. The van der Waals surface area contributed by atoms with Gasteiger partial charge in [-0.25, -0.2) is 13.1 Å². The summed E-state index contributed by atoms with van der Waals surface area (Å²) in [5.74, 6) is -0.648. The van der Waals surface area contributed by atoms with Crippen molar-refractivity contribution in [2.75, 3.05) is 6.54 Å². The van der Waals surface area contributed by atoms with Crippen molar-refractivity contribution in [3.8, 4) is 0 Å². The highest BCUT2D eigenvalue weighted by Gasteiger charge is 2.14. The molecule has 0 spiro atoms. The van der Waals surface area contributed by atoms with E-state index in [-0.39, 0.29) is 17.2 Å². The molecule has 21 heavy (non-hydrogen) atoms. The van der Waals surface area contributed by atoms with E-state index in [0.717, 1.165) is 12.0 Å². The smallest absolute Gasteiger partial charge is 0.303 e. The van der Waals surface area contributed by atoms with Crippen molar-refractivity contribution < 1.29 is 18.3 Å². The van der Waals surface area contributed by atoms with Crippen LogP contribution in [0.5, 0.6) is 0 Å². The molecule has 5 nitrogen and oxygen atoms in total. The van der Waals surface area contributed by atoms with Crippen LogP contribution in [0.2, 0.25) is 0 Å². The fourth-order valence-electron chi connectivity index (χ4n) is 1.94. The molecule has 1 rings (SSSR count). The molecular formula is C15H23NO4S. The van der Waals surface area contributed by atoms with Crippen LogP contribution in [-0.4, -0.2) is 26.0 Å². The summed E-state index contributed by atoms with van der Waals surface area (Å²) in [4.78, 5) is 10.7. The van der Waals surface area contributed by atoms with Crippen LogP contribution in [0.1, 0.15) is 38.7 Å². The Labute approximate surface area is 126 Å². The zero-order valence-corrected chi connectivity index (χ0v) is 13.3. The number of aryl methyl sites for hydroxylation is 1. The van der Waals surface area contributed by atoms with Crippen LogP contribution in [0.25, 0.3) is 0 Å². The third-order valence-corrected chi connectivity index (χ3v) is 4.90. The maximum atomic E-state index is 12.1. The van der Waals surface area contributed by atoms with Crippen LogP contribution < -0.4 is 4.72 Å². The van der Waals surface area contributed by atoms with E-state index in [9.17, 15) is 13.2 Å². The number of nitrogens with one attached hydrogen (secondary N) is 1. The van der Waals surface area contributed by atoms with Crippen molar-refractivity contribution in [3.63, 3.8) is 0 Å². The Morgan fingerprint density at radius 1 is 1.24 bits per heavy atom. The molecule has 0 saturated heterocycles. The quantitative estimate of drug-likeness (QED) is 0.733. The van der Waals surface area contributed by atoms with Crippen LogP contribution >= 0.6 is 0 Å². The molecule has 0 radical (unpaired) electrons. The second-order valence-corrected chi connectivity index (χ2v) is 6.99. The predicted octanol–water partition coefficient (Wildman–Crippen LogP) is 2.42. The van der Waals surface area contributed by atoms with Gasteiger partial charge in [-0.2, -0.15) is 0 Å². The molecule has 118 valence electrons. The molecule has 0 heterocycles. The van der Waals surface area contributed by atoms with Crippen LogP contribution in [0.4, 0.5) is 0 Å². The lowest BCUT2D eigenvalue weighted by atomic mass is 10.0. The van der Waals surface area contributed by atoms with E-state index in [2.05, 4.69) is 4.72 Å². The van der Waals surface area contributed by atoms with Gasteiger partial charge in [0.05, 0.1) is 4.90 Å². The molecule has 0 aliphatic rings. The first-order valence-electron chi connectivity index (χ1n) is 7.15. The van der Waals surface area contributed by atoms with Gasteiger partial charge in [-0.05, 0) is 42.9 Å². The second-order valence-electron chi connectivity index (χ2n) is 5.22. The first-order valence-corrected chi connectivity index (χ1v) is 8.64. The lowest BCUT2D eigenvalue weighted by Crippen LogP contribution is -2.26. The minimum Gasteiger partial charge on any atom is -0.481 e. The maximum Gasteiger partial charge on any atom is 0.303 e. The molecule has 0 aromatic heterocycles. The fraction of sp³-hybridized carbons (Fsp3) is 0.533. The summed E-state index contributed by atoms with van der Waals surface area (Å²) in [5.41, 5.74) is 1.09. The summed E-state index contributed by atoms with van der Waals surface area (Å²) < 4.78 is 26.7. The first-order chi connectivity index (χ1) is 9.85. The van der Waals surface area contributed by atoms with Crippen LogP contribution in [0.15, 0.2) is 29.2 Å². The van der Waals surface area contributed by atoms with E-state index < -0.39 is 16.0 Å². The highest BCUT2D eigenvalue weighted by atomic mass is 32.2. The standard InChI is InChI=1S/C15H23NO4S/c1-3-13-5-7-14(8-6-13)21(19,20)16-11-10-12(2)4-9-15(17)18/h5-8,12,16H,3-4,9-11H2,1-2H3,(H,17,18). The van der Waals surface area contributed by atoms with Gasteiger partial charge in [0.2, 0.25) is 10.0 Å². The van der Waals surface area contributed by atoms with Crippen molar-refractivity contribution in [1.29, 1.82) is 0 Å². The number of carboxylic acid groups (broad SMARTS) is 1. The topological polar surface area (TPSA) is 83.5 Å². The molecule has 0 aliphatic heterocycles. The van der Waals surface area contributed by atoms with E-state index in [0.29, 0.717) is 19.4 Å². The van der Waals surface area contributed by atoms with Crippen LogP contribution in [-0.2, 0) is 21.2 Å². The Morgan fingerprint density at radius 3 is 2.38 bits per heavy atom. The van der Waals surface area contributed by atoms with Crippen LogP contribution in [0, 0.1) is 5.92 Å². The molecule has 0 aliphatic carbocycles. The number of sulfonamides is 1. The van der Waals surface area contributed by atoms with E-state index in [4.69, 9.17) is 5.11 Å². The van der Waals surface area contributed by atoms with E-state index >= 15 is 0 Å². The third-order valence-electron chi connectivity index (χ3n) is 3.42. The van der Waals surface area contributed by atoms with E-state index in [1.165, 1.54) is 0 Å². The van der Waals surface area contributed by atoms with Crippen molar-refractivity contribution in [2.45, 2.75) is 44.4 Å². The van der Waals surface area contributed by atoms with Crippen molar-refractivity contribution >= 4 is 16.0 Å². The number of benzene rings is 1. The van der Waals surface area contributed by atoms with Gasteiger partial charge in [0.25, 0.3) is 0 Å². The maximum absolute atomic E-state index is 12.1. The van der Waals surface area contributed by atoms with Gasteiger partial charge in [-0.15, -0.1) is 0 Å². The van der Waals surface area contributed by atoms with Crippen LogP contribution in [0.3, 0.4) is 0 Å². The van der Waals surface area contributed by atoms with Crippen molar-refractivity contribution in [2.24, 2.45) is 5.92 Å². The largest absolute Gasteiger partial charge is 0.481 e. The number of carbonyl (C=O) groups is 1. The monoisotopic (exact) mass is 313 g/mol. The number of aliphatic carboxylic acids is 1. The Balaban J connectivity index is 2.47. The van der Waals surface area contributed by atoms with E-state index in [1.54, 1.807) is 12.1 Å². The highest BCUT2D eigenvalue weighted by Crippen LogP contribution is 2.13. The Hall–Kier alpha value is -1.40. The zero-order chi connectivity index (χ0) is 15.9. The average Bonchev–Trinajstić information content (AvgIpc) is 2.45. The molecule has 1 atom stereocenters. The zero-order valence-electron chi connectivity index (χ0n) is 12.5. The van der Waals surface area contributed by atoms with Gasteiger partial charge < -0.3 is 5.11 Å². The predicted molar refractivity (Wildman–Crippen MR) is 81.7 cm³/mol. The molecule has 0 bridgehead atoms. The lowest BCUT2D eigenvalue weighted by Gasteiger charge is -2.11. The van der Waals surface area contributed by atoms with Gasteiger partial charge >= 0.3 is 5.97 Å². The molecular weight excluding hydrogens is 290 g/mol. The van der Waals surface area contributed by atoms with Gasteiger partial charge in [-0.3, -0.25) is 4.79 Å². The summed E-state index contributed by atoms with van der Waals surface area (Å²) in [5, 5.41) is 8.60. The van der Waals surface area contributed by atoms with E-state index in [1.807, 2.05) is 26.0 Å². The average molecular weight is 313 g/mol. The summed E-state index contributed by atoms with van der Waals surface area (Å²) in [7, 11) is -3.48. The van der Waals surface area contributed by atoms with Gasteiger partial charge in [-0.1, -0.05) is 26.0 Å². The summed E-state index contributed by atoms with van der Waals surface area (Å²) in [6, 6.07) is 6.83. The summed E-state index contributed by atoms with van der Waals surface area (Å²) in [6.07, 6.45) is 2.17. The molecule has 1 unspecified atom stereocenters. The molecule has 0 amide bonds. The number of carboxylic acids is 1. The Bertz CT molecular complexity index is 552. The van der Waals surface area contributed by atoms with Gasteiger partial charge in [0, 0.05) is 13.0 Å². The van der Waals surface area contributed by atoms with Gasteiger partial charge in [0.1, 0.15) is 0 Å². The lowest BCUT2D eigenvalue weighted by molar-refractivity contribution is -0.137. The molecule has 0 fully saturated rings. The second kappa shape index (κ2) is 8.14. The number of hydrogen-bond acceptors (Lipinski definition) is 3. The minimum atomic E-state index is -3.48. The van der Waals surface area contributed by atoms with Crippen molar-refractivity contribution in [3.05, 3.63) is 29.8 Å². The Kier molecular flexibility index (Phi) is 6.84. The van der Waals surface area contributed by atoms with Gasteiger partial charge in [0.15, 0.2) is 0 Å². The van der Waals surface area contributed by atoms with Crippen molar-refractivity contribution in [1.82, 2.24) is 4.72 Å². The summed E-state index contributed by atoms with van der Waals surface area (Å²) in [6.45, 7) is 4.26. The fourth-order valence-corrected chi connectivity index (χ4v) is 2.99.